The van der Waals surface area contributed by atoms with E-state index in [2.05, 4.69) is 41.2 Å². The molecule has 11 heteroatoms. The van der Waals surface area contributed by atoms with Gasteiger partial charge in [-0.15, -0.1) is 0 Å². The molecular formula is C10H18N4O5S2. The predicted octanol–water partition coefficient (Wildman–Crippen LogP) is -3.02. The number of carboxylic acids is 1. The summed E-state index contributed by atoms with van der Waals surface area (Å²) < 4.78 is 0. The maximum Gasteiger partial charge on any atom is 0.327 e. The Morgan fingerprint density at radius 3 is 2.00 bits per heavy atom. The second kappa shape index (κ2) is 10.3. The van der Waals surface area contributed by atoms with E-state index in [1.807, 2.05) is 0 Å². The van der Waals surface area contributed by atoms with Crippen molar-refractivity contribution < 1.29 is 24.3 Å². The van der Waals surface area contributed by atoms with Gasteiger partial charge < -0.3 is 26.8 Å². The summed E-state index contributed by atoms with van der Waals surface area (Å²) in [7, 11) is 0. The van der Waals surface area contributed by atoms with Crippen molar-refractivity contribution in [1.82, 2.24) is 16.0 Å². The molecule has 2 atom stereocenters. The maximum atomic E-state index is 11.8. The third kappa shape index (κ3) is 7.78. The monoisotopic (exact) mass is 338 g/mol. The van der Waals surface area contributed by atoms with Crippen LogP contribution in [0.1, 0.15) is 0 Å². The van der Waals surface area contributed by atoms with E-state index in [1.165, 1.54) is 0 Å². The van der Waals surface area contributed by atoms with E-state index in [-0.39, 0.29) is 24.6 Å². The second-order valence-electron chi connectivity index (χ2n) is 3.87. The highest BCUT2D eigenvalue weighted by atomic mass is 32.1. The van der Waals surface area contributed by atoms with Gasteiger partial charge in [-0.1, -0.05) is 0 Å². The van der Waals surface area contributed by atoms with Gasteiger partial charge in [0, 0.05) is 11.5 Å². The number of rotatable bonds is 9. The Labute approximate surface area is 132 Å². The molecule has 2 unspecified atom stereocenters. The van der Waals surface area contributed by atoms with Crippen molar-refractivity contribution in [3.05, 3.63) is 0 Å². The zero-order valence-corrected chi connectivity index (χ0v) is 12.8. The first-order valence-electron chi connectivity index (χ1n) is 5.86. The number of carbonyl (C=O) groups is 4. The van der Waals surface area contributed by atoms with Crippen molar-refractivity contribution in [1.29, 1.82) is 0 Å². The predicted molar refractivity (Wildman–Crippen MR) is 81.3 cm³/mol. The summed E-state index contributed by atoms with van der Waals surface area (Å²) in [5.74, 6) is -3.22. The molecule has 0 saturated heterocycles. The van der Waals surface area contributed by atoms with Gasteiger partial charge in [-0.2, -0.15) is 25.3 Å². The van der Waals surface area contributed by atoms with Crippen LogP contribution in [-0.2, 0) is 19.2 Å². The van der Waals surface area contributed by atoms with E-state index in [0.717, 1.165) is 0 Å². The quantitative estimate of drug-likeness (QED) is 0.222. The first-order chi connectivity index (χ1) is 9.85. The average Bonchev–Trinajstić information content (AvgIpc) is 2.46. The second-order valence-corrected chi connectivity index (χ2v) is 4.60. The number of carbonyl (C=O) groups excluding carboxylic acids is 3. The summed E-state index contributed by atoms with van der Waals surface area (Å²) in [6, 6.07) is -2.20. The molecule has 0 rings (SSSR count). The maximum absolute atomic E-state index is 11.8. The van der Waals surface area contributed by atoms with Crippen molar-refractivity contribution in [2.45, 2.75) is 12.1 Å². The number of thiol groups is 2. The highest BCUT2D eigenvalue weighted by Crippen LogP contribution is 1.94. The zero-order chi connectivity index (χ0) is 16.4. The average molecular weight is 338 g/mol. The molecule has 9 nitrogen and oxygen atoms in total. The fraction of sp³-hybridized carbons (Fsp3) is 0.600. The van der Waals surface area contributed by atoms with E-state index in [0.29, 0.717) is 0 Å². The number of aliphatic carboxylic acids is 1. The van der Waals surface area contributed by atoms with E-state index in [1.54, 1.807) is 0 Å². The summed E-state index contributed by atoms with van der Waals surface area (Å²) in [4.78, 5) is 45.0. The smallest absolute Gasteiger partial charge is 0.327 e. The van der Waals surface area contributed by atoms with Gasteiger partial charge in [0.15, 0.2) is 0 Å². The van der Waals surface area contributed by atoms with Crippen molar-refractivity contribution >= 4 is 48.9 Å². The van der Waals surface area contributed by atoms with Crippen LogP contribution in [0.25, 0.3) is 0 Å². The van der Waals surface area contributed by atoms with Gasteiger partial charge in [0.2, 0.25) is 17.7 Å². The lowest BCUT2D eigenvalue weighted by Crippen LogP contribution is -2.54. The summed E-state index contributed by atoms with van der Waals surface area (Å²) in [6.07, 6.45) is 0. The first-order valence-corrected chi connectivity index (χ1v) is 7.13. The SMILES string of the molecule is NCC(=O)NCC(=O)NC(CS)C(=O)NC(CS)C(=O)O. The molecular weight excluding hydrogens is 320 g/mol. The Morgan fingerprint density at radius 1 is 1.00 bits per heavy atom. The molecule has 0 aliphatic carbocycles. The summed E-state index contributed by atoms with van der Waals surface area (Å²) in [5, 5.41) is 15.6. The minimum absolute atomic E-state index is 0.0404. The lowest BCUT2D eigenvalue weighted by molar-refractivity contribution is -0.141. The van der Waals surface area contributed by atoms with Gasteiger partial charge in [0.05, 0.1) is 13.1 Å². The lowest BCUT2D eigenvalue weighted by Gasteiger charge is -2.19. The molecule has 0 aliphatic heterocycles. The topological polar surface area (TPSA) is 151 Å². The molecule has 0 aliphatic rings. The molecule has 0 radical (unpaired) electrons. The Bertz CT molecular complexity index is 407. The minimum Gasteiger partial charge on any atom is -0.480 e. The van der Waals surface area contributed by atoms with Gasteiger partial charge in [-0.3, -0.25) is 14.4 Å². The fourth-order valence-corrected chi connectivity index (χ4v) is 1.65. The minimum atomic E-state index is -1.24. The summed E-state index contributed by atoms with van der Waals surface area (Å²) in [5.41, 5.74) is 5.05. The van der Waals surface area contributed by atoms with Crippen LogP contribution in [0.2, 0.25) is 0 Å². The highest BCUT2D eigenvalue weighted by Gasteiger charge is 2.24. The Kier molecular flexibility index (Phi) is 9.58. The van der Waals surface area contributed by atoms with Gasteiger partial charge in [0.25, 0.3) is 0 Å². The number of nitrogens with one attached hydrogen (secondary N) is 3. The normalized spacial score (nSPS) is 12.9. The molecule has 3 amide bonds. The van der Waals surface area contributed by atoms with Gasteiger partial charge >= 0.3 is 5.97 Å². The van der Waals surface area contributed by atoms with Crippen LogP contribution in [0.15, 0.2) is 0 Å². The number of nitrogens with two attached hydrogens (primary N) is 1. The van der Waals surface area contributed by atoms with Gasteiger partial charge in [-0.25, -0.2) is 4.79 Å². The van der Waals surface area contributed by atoms with Crippen LogP contribution in [0.5, 0.6) is 0 Å². The first kappa shape index (κ1) is 19.5. The van der Waals surface area contributed by atoms with Gasteiger partial charge in [0.1, 0.15) is 12.1 Å². The van der Waals surface area contributed by atoms with Gasteiger partial charge in [-0.05, 0) is 0 Å². The number of amides is 3. The van der Waals surface area contributed by atoms with E-state index in [9.17, 15) is 19.2 Å². The standard InChI is InChI=1S/C10H18N4O5S2/c11-1-7(15)12-2-8(16)13-5(3-20)9(17)14-6(4-21)10(18)19/h5-6,20-21H,1-4,11H2,(H,12,15)(H,13,16)(H,14,17)(H,18,19). The molecule has 0 bridgehead atoms. The highest BCUT2D eigenvalue weighted by molar-refractivity contribution is 7.80. The molecule has 21 heavy (non-hydrogen) atoms. The molecule has 0 aromatic heterocycles. The molecule has 0 aromatic rings. The Hall–Kier alpha value is -1.46. The fourth-order valence-electron chi connectivity index (χ4n) is 1.15. The van der Waals surface area contributed by atoms with E-state index >= 15 is 0 Å². The molecule has 120 valence electrons. The van der Waals surface area contributed by atoms with Crippen LogP contribution in [0.4, 0.5) is 0 Å². The largest absolute Gasteiger partial charge is 0.480 e. The van der Waals surface area contributed by atoms with Crippen molar-refractivity contribution in [2.75, 3.05) is 24.6 Å². The molecule has 0 saturated carbocycles. The van der Waals surface area contributed by atoms with Crippen molar-refractivity contribution in [3.63, 3.8) is 0 Å². The molecule has 0 fully saturated rings. The van der Waals surface area contributed by atoms with Crippen LogP contribution < -0.4 is 21.7 Å². The molecule has 0 heterocycles. The molecule has 0 spiro atoms. The van der Waals surface area contributed by atoms with Crippen LogP contribution >= 0.6 is 25.3 Å². The van der Waals surface area contributed by atoms with Crippen LogP contribution in [0, 0.1) is 0 Å². The van der Waals surface area contributed by atoms with Crippen molar-refractivity contribution in [2.24, 2.45) is 5.73 Å². The van der Waals surface area contributed by atoms with Crippen LogP contribution in [-0.4, -0.2) is 65.5 Å². The third-order valence-electron chi connectivity index (χ3n) is 2.26. The zero-order valence-electron chi connectivity index (χ0n) is 11.0. The third-order valence-corrected chi connectivity index (χ3v) is 2.99. The van der Waals surface area contributed by atoms with E-state index in [4.69, 9.17) is 10.8 Å². The molecule has 0 aromatic carbocycles. The van der Waals surface area contributed by atoms with Crippen molar-refractivity contribution in [3.8, 4) is 0 Å². The summed E-state index contributed by atoms with van der Waals surface area (Å²) in [6.45, 7) is -0.603. The Balaban J connectivity index is 4.42. The Morgan fingerprint density at radius 2 is 1.57 bits per heavy atom. The number of hydrogen-bond donors (Lipinski definition) is 7. The number of carboxylic acid groups (broad SMARTS) is 1. The van der Waals surface area contributed by atoms with Crippen LogP contribution in [0.3, 0.4) is 0 Å². The summed E-state index contributed by atoms with van der Waals surface area (Å²) >= 11 is 7.71. The lowest BCUT2D eigenvalue weighted by atomic mass is 10.2. The molecule has 6 N–H and O–H groups in total. The van der Waals surface area contributed by atoms with E-state index < -0.39 is 35.8 Å². The number of hydrogen-bond acceptors (Lipinski definition) is 7.